The molecular weight excluding hydrogens is 452 g/mol. The normalized spacial score (nSPS) is 17.4. The number of carbonyl (C=O) groups excluding carboxylic acids is 1. The third-order valence-corrected chi connectivity index (χ3v) is 6.99. The minimum atomic E-state index is -0.391. The van der Waals surface area contributed by atoms with Gasteiger partial charge in [0.2, 0.25) is 0 Å². The summed E-state index contributed by atoms with van der Waals surface area (Å²) in [5, 5.41) is 8.96. The summed E-state index contributed by atoms with van der Waals surface area (Å²) in [6.45, 7) is 8.30. The number of ether oxygens (including phenoxy) is 3. The number of aliphatic hydroxyl groups excluding tert-OH is 1. The van der Waals surface area contributed by atoms with E-state index >= 15 is 0 Å². The molecular formula is C31H42O5. The van der Waals surface area contributed by atoms with Gasteiger partial charge in [-0.2, -0.15) is 0 Å². The molecule has 0 radical (unpaired) electrons. The second kappa shape index (κ2) is 14.7. The molecule has 1 saturated carbocycles. The summed E-state index contributed by atoms with van der Waals surface area (Å²) < 4.78 is 16.9. The summed E-state index contributed by atoms with van der Waals surface area (Å²) >= 11 is 0. The Morgan fingerprint density at radius 2 is 1.67 bits per heavy atom. The predicted octanol–water partition coefficient (Wildman–Crippen LogP) is 7.08. The maximum Gasteiger partial charge on any atom is 0.333 e. The van der Waals surface area contributed by atoms with Crippen molar-refractivity contribution in [3.63, 3.8) is 0 Å². The van der Waals surface area contributed by atoms with Crippen molar-refractivity contribution in [3.8, 4) is 22.6 Å². The van der Waals surface area contributed by atoms with Crippen molar-refractivity contribution in [3.05, 3.63) is 60.2 Å². The van der Waals surface area contributed by atoms with E-state index in [-0.39, 0.29) is 19.8 Å². The van der Waals surface area contributed by atoms with Crippen molar-refractivity contribution >= 4 is 5.97 Å². The van der Waals surface area contributed by atoms with Crippen LogP contribution in [0.5, 0.6) is 11.5 Å². The highest BCUT2D eigenvalue weighted by atomic mass is 16.6. The predicted molar refractivity (Wildman–Crippen MR) is 145 cm³/mol. The lowest BCUT2D eigenvalue weighted by molar-refractivity contribution is -0.139. The Morgan fingerprint density at radius 1 is 0.944 bits per heavy atom. The van der Waals surface area contributed by atoms with E-state index in [1.54, 1.807) is 6.92 Å². The van der Waals surface area contributed by atoms with E-state index in [1.807, 2.05) is 24.3 Å². The number of hydrogen-bond donors (Lipinski definition) is 1. The quantitative estimate of drug-likeness (QED) is 0.173. The molecule has 5 nitrogen and oxygen atoms in total. The molecule has 0 saturated heterocycles. The molecule has 5 heteroatoms. The molecule has 0 aromatic heterocycles. The van der Waals surface area contributed by atoms with Crippen molar-refractivity contribution in [2.45, 2.75) is 71.1 Å². The van der Waals surface area contributed by atoms with E-state index in [9.17, 15) is 4.79 Å². The summed E-state index contributed by atoms with van der Waals surface area (Å²) in [7, 11) is 0. The molecule has 1 aliphatic rings. The van der Waals surface area contributed by atoms with Crippen molar-refractivity contribution < 1.29 is 24.1 Å². The third kappa shape index (κ3) is 8.41. The summed E-state index contributed by atoms with van der Waals surface area (Å²) in [4.78, 5) is 11.7. The topological polar surface area (TPSA) is 65.0 Å². The zero-order valence-corrected chi connectivity index (χ0v) is 22.0. The highest BCUT2D eigenvalue weighted by molar-refractivity contribution is 5.86. The molecule has 0 spiro atoms. The first-order valence-electron chi connectivity index (χ1n) is 13.4. The molecule has 1 fully saturated rings. The van der Waals surface area contributed by atoms with Crippen molar-refractivity contribution in [2.75, 3.05) is 26.4 Å². The first kappa shape index (κ1) is 27.8. The number of carbonyl (C=O) groups is 1. The van der Waals surface area contributed by atoms with Crippen LogP contribution in [0.2, 0.25) is 0 Å². The molecule has 0 aliphatic heterocycles. The Bertz CT molecular complexity index is 957. The fourth-order valence-electron chi connectivity index (χ4n) is 4.94. The van der Waals surface area contributed by atoms with E-state index in [0.29, 0.717) is 18.1 Å². The van der Waals surface area contributed by atoms with E-state index in [1.165, 1.54) is 56.9 Å². The fraction of sp³-hybridized carbons (Fsp3) is 0.516. The zero-order valence-electron chi connectivity index (χ0n) is 22.0. The zero-order chi connectivity index (χ0) is 25.8. The van der Waals surface area contributed by atoms with Gasteiger partial charge in [-0.05, 0) is 79.3 Å². The lowest BCUT2D eigenvalue weighted by atomic mass is 9.76. The highest BCUT2D eigenvalue weighted by Gasteiger charge is 2.25. The van der Waals surface area contributed by atoms with Gasteiger partial charge in [-0.25, -0.2) is 4.79 Å². The first-order valence-corrected chi connectivity index (χ1v) is 13.4. The number of unbranched alkanes of at least 4 members (excludes halogenated alkanes) is 2. The molecule has 3 rings (SSSR count). The van der Waals surface area contributed by atoms with Crippen LogP contribution in [0, 0.1) is 5.92 Å². The molecule has 36 heavy (non-hydrogen) atoms. The Kier molecular flexibility index (Phi) is 11.3. The Balaban J connectivity index is 1.71. The van der Waals surface area contributed by atoms with Gasteiger partial charge >= 0.3 is 5.97 Å². The summed E-state index contributed by atoms with van der Waals surface area (Å²) in [6.07, 6.45) is 10.3. The minimum absolute atomic E-state index is 0.00769. The van der Waals surface area contributed by atoms with Crippen LogP contribution in [0.4, 0.5) is 0 Å². The standard InChI is InChI=1S/C31H42O5/c1-4-5-6-7-24-8-10-26(11-9-24)29-17-14-27(25-12-15-28(16-13-25)34-19-18-32)22-30(29)35-20-21-36-31(33)23(2)3/h12-17,22,24,26,32H,2,4-11,18-21H2,1,3H3. The molecule has 0 amide bonds. The Hall–Kier alpha value is -2.79. The van der Waals surface area contributed by atoms with Gasteiger partial charge in [0.05, 0.1) is 6.61 Å². The lowest BCUT2D eigenvalue weighted by Gasteiger charge is -2.30. The Morgan fingerprint density at radius 3 is 2.33 bits per heavy atom. The van der Waals surface area contributed by atoms with Crippen LogP contribution in [0.1, 0.15) is 76.7 Å². The van der Waals surface area contributed by atoms with Crippen LogP contribution in [-0.2, 0) is 9.53 Å². The average molecular weight is 495 g/mol. The van der Waals surface area contributed by atoms with Gasteiger partial charge in [-0.3, -0.25) is 0 Å². The highest BCUT2D eigenvalue weighted by Crippen LogP contribution is 2.42. The minimum Gasteiger partial charge on any atom is -0.491 e. The van der Waals surface area contributed by atoms with Gasteiger partial charge in [-0.15, -0.1) is 0 Å². The number of hydrogen-bond acceptors (Lipinski definition) is 5. The van der Waals surface area contributed by atoms with Crippen LogP contribution in [-0.4, -0.2) is 37.5 Å². The van der Waals surface area contributed by atoms with Crippen LogP contribution < -0.4 is 9.47 Å². The third-order valence-electron chi connectivity index (χ3n) is 6.99. The molecule has 0 heterocycles. The summed E-state index contributed by atoms with van der Waals surface area (Å²) in [5.41, 5.74) is 3.77. The lowest BCUT2D eigenvalue weighted by Crippen LogP contribution is -2.16. The van der Waals surface area contributed by atoms with Crippen LogP contribution in [0.25, 0.3) is 11.1 Å². The smallest absolute Gasteiger partial charge is 0.333 e. The largest absolute Gasteiger partial charge is 0.491 e. The Labute approximate surface area is 216 Å². The van der Waals surface area contributed by atoms with Crippen LogP contribution in [0.15, 0.2) is 54.6 Å². The van der Waals surface area contributed by atoms with Gasteiger partial charge in [-0.1, -0.05) is 63.5 Å². The van der Waals surface area contributed by atoms with E-state index in [0.717, 1.165) is 28.5 Å². The molecule has 1 N–H and O–H groups in total. The van der Waals surface area contributed by atoms with E-state index in [4.69, 9.17) is 19.3 Å². The molecule has 2 aromatic carbocycles. The van der Waals surface area contributed by atoms with Crippen molar-refractivity contribution in [2.24, 2.45) is 5.92 Å². The van der Waals surface area contributed by atoms with Crippen LogP contribution in [0.3, 0.4) is 0 Å². The first-order chi connectivity index (χ1) is 17.5. The number of rotatable bonds is 14. The molecule has 0 unspecified atom stereocenters. The molecule has 0 bridgehead atoms. The summed E-state index contributed by atoms with van der Waals surface area (Å²) in [5.74, 6) is 2.55. The molecule has 2 aromatic rings. The van der Waals surface area contributed by atoms with Crippen molar-refractivity contribution in [1.29, 1.82) is 0 Å². The second-order valence-electron chi connectivity index (χ2n) is 9.83. The monoisotopic (exact) mass is 494 g/mol. The van der Waals surface area contributed by atoms with Gasteiger partial charge in [0.1, 0.15) is 31.3 Å². The SMILES string of the molecule is C=C(C)C(=O)OCCOc1cc(-c2ccc(OCCO)cc2)ccc1C1CCC(CCCCC)CC1. The molecule has 1 aliphatic carbocycles. The van der Waals surface area contributed by atoms with Gasteiger partial charge in [0, 0.05) is 5.57 Å². The van der Waals surface area contributed by atoms with Crippen molar-refractivity contribution in [1.82, 2.24) is 0 Å². The molecule has 196 valence electrons. The van der Waals surface area contributed by atoms with Gasteiger partial charge in [0.15, 0.2) is 0 Å². The second-order valence-corrected chi connectivity index (χ2v) is 9.83. The van der Waals surface area contributed by atoms with Gasteiger partial charge < -0.3 is 19.3 Å². The maximum absolute atomic E-state index is 11.7. The fourth-order valence-corrected chi connectivity index (χ4v) is 4.94. The van der Waals surface area contributed by atoms with Gasteiger partial charge in [0.25, 0.3) is 0 Å². The maximum atomic E-state index is 11.7. The van der Waals surface area contributed by atoms with E-state index < -0.39 is 5.97 Å². The molecule has 0 atom stereocenters. The number of esters is 1. The number of aliphatic hydroxyl groups is 1. The van der Waals surface area contributed by atoms with Crippen LogP contribution >= 0.6 is 0 Å². The van der Waals surface area contributed by atoms with E-state index in [2.05, 4.69) is 31.7 Å². The summed E-state index contributed by atoms with van der Waals surface area (Å²) in [6, 6.07) is 14.3. The average Bonchev–Trinajstić information content (AvgIpc) is 2.90. The number of benzene rings is 2.